The summed E-state index contributed by atoms with van der Waals surface area (Å²) in [5.74, 6) is 0.889. The molecule has 0 aliphatic carbocycles. The van der Waals surface area contributed by atoms with Crippen molar-refractivity contribution in [3.05, 3.63) is 59.8 Å². The van der Waals surface area contributed by atoms with E-state index in [4.69, 9.17) is 14.5 Å². The van der Waals surface area contributed by atoms with Crippen molar-refractivity contribution in [2.75, 3.05) is 7.11 Å². The van der Waals surface area contributed by atoms with Gasteiger partial charge in [0.15, 0.2) is 5.65 Å². The highest BCUT2D eigenvalue weighted by Gasteiger charge is 2.34. The van der Waals surface area contributed by atoms with E-state index in [1.807, 2.05) is 29.7 Å². The van der Waals surface area contributed by atoms with Crippen LogP contribution in [0.3, 0.4) is 0 Å². The fourth-order valence-electron chi connectivity index (χ4n) is 5.26. The lowest BCUT2D eigenvalue weighted by Crippen LogP contribution is -2.42. The predicted octanol–water partition coefficient (Wildman–Crippen LogP) is 4.05. The number of aromatic nitrogens is 5. The molecular formula is C26H27FN6O2. The summed E-state index contributed by atoms with van der Waals surface area (Å²) < 4.78 is 28.7. The number of imidazole rings is 1. The lowest BCUT2D eigenvalue weighted by Gasteiger charge is -2.29. The predicted molar refractivity (Wildman–Crippen MR) is 129 cm³/mol. The maximum absolute atomic E-state index is 15.3. The quantitative estimate of drug-likeness (QED) is 0.451. The van der Waals surface area contributed by atoms with Gasteiger partial charge in [0.05, 0.1) is 19.3 Å². The first-order valence-corrected chi connectivity index (χ1v) is 12.0. The Labute approximate surface area is 202 Å². The Balaban J connectivity index is 1.33. The van der Waals surface area contributed by atoms with Gasteiger partial charge in [0.25, 0.3) is 0 Å². The SMILES string of the molecule is COc1nc(C)c2nc(-c3cccnc3)n(Cc3ccc(O[C@H]4C[C@H]5CC[C@@H](C4)N5)cc3F)c2n1. The third-order valence-electron chi connectivity index (χ3n) is 6.94. The van der Waals surface area contributed by atoms with Gasteiger partial charge in [0.2, 0.25) is 0 Å². The van der Waals surface area contributed by atoms with Gasteiger partial charge in [0, 0.05) is 41.7 Å². The van der Waals surface area contributed by atoms with Crippen molar-refractivity contribution in [3.63, 3.8) is 0 Å². The van der Waals surface area contributed by atoms with Gasteiger partial charge in [-0.25, -0.2) is 9.37 Å². The number of hydrogen-bond acceptors (Lipinski definition) is 7. The van der Waals surface area contributed by atoms with Crippen LogP contribution in [0.2, 0.25) is 0 Å². The van der Waals surface area contributed by atoms with E-state index in [-0.39, 0.29) is 24.5 Å². The molecule has 1 N–H and O–H groups in total. The van der Waals surface area contributed by atoms with Crippen LogP contribution in [0.4, 0.5) is 4.39 Å². The minimum atomic E-state index is -0.323. The standard InChI is InChI=1S/C26H27FN6O2/c1-15-23-25(32-26(29-15)34-2)33(24(31-23)16-4-3-9-28-13-16)14-17-5-8-20(12-22(17)27)35-21-10-18-6-7-19(11-21)30-18/h3-5,8-9,12-13,18-19,21,30H,6-7,10-11,14H2,1-2H3/t18-,19+,21+. The molecule has 3 aromatic heterocycles. The number of pyridine rings is 1. The number of aryl methyl sites for hydroxylation is 1. The second kappa shape index (κ2) is 8.88. The van der Waals surface area contributed by atoms with Gasteiger partial charge in [-0.1, -0.05) is 6.07 Å². The Morgan fingerprint density at radius 3 is 2.66 bits per heavy atom. The van der Waals surface area contributed by atoms with Gasteiger partial charge >= 0.3 is 6.01 Å². The fourth-order valence-corrected chi connectivity index (χ4v) is 5.26. The topological polar surface area (TPSA) is 87.0 Å². The van der Waals surface area contributed by atoms with E-state index in [0.717, 1.165) is 18.4 Å². The first-order valence-electron chi connectivity index (χ1n) is 12.0. The number of nitrogens with zero attached hydrogens (tertiary/aromatic N) is 5. The maximum atomic E-state index is 15.3. The molecule has 2 fully saturated rings. The summed E-state index contributed by atoms with van der Waals surface area (Å²) in [6.45, 7) is 2.10. The molecule has 8 nitrogen and oxygen atoms in total. The van der Waals surface area contributed by atoms with Crippen LogP contribution in [0.5, 0.6) is 11.8 Å². The van der Waals surface area contributed by atoms with Gasteiger partial charge in [-0.05, 0) is 50.8 Å². The smallest absolute Gasteiger partial charge is 0.318 e. The number of ether oxygens (including phenoxy) is 2. The third-order valence-corrected chi connectivity index (χ3v) is 6.94. The Hall–Kier alpha value is -3.59. The summed E-state index contributed by atoms with van der Waals surface area (Å²) in [4.78, 5) is 17.9. The van der Waals surface area contributed by atoms with E-state index in [1.54, 1.807) is 18.5 Å². The molecule has 180 valence electrons. The summed E-state index contributed by atoms with van der Waals surface area (Å²) in [6.07, 6.45) is 7.90. The van der Waals surface area contributed by atoms with Crippen molar-refractivity contribution in [1.29, 1.82) is 0 Å². The first-order chi connectivity index (χ1) is 17.1. The van der Waals surface area contributed by atoms with Crippen LogP contribution in [0.1, 0.15) is 36.9 Å². The van der Waals surface area contributed by atoms with Crippen molar-refractivity contribution in [2.45, 2.75) is 57.3 Å². The minimum absolute atomic E-state index is 0.126. The van der Waals surface area contributed by atoms with E-state index in [1.165, 1.54) is 26.0 Å². The maximum Gasteiger partial charge on any atom is 0.318 e. The largest absolute Gasteiger partial charge is 0.490 e. The second-order valence-electron chi connectivity index (χ2n) is 9.33. The number of rotatable bonds is 6. The van der Waals surface area contributed by atoms with Crippen LogP contribution in [0, 0.1) is 12.7 Å². The molecule has 6 rings (SSSR count). The fraction of sp³-hybridized carbons (Fsp3) is 0.385. The van der Waals surface area contributed by atoms with Crippen molar-refractivity contribution < 1.29 is 13.9 Å². The molecule has 1 aromatic carbocycles. The van der Waals surface area contributed by atoms with Crippen LogP contribution < -0.4 is 14.8 Å². The molecule has 0 spiro atoms. The van der Waals surface area contributed by atoms with Crippen molar-refractivity contribution in [1.82, 2.24) is 29.8 Å². The van der Waals surface area contributed by atoms with E-state index in [0.29, 0.717) is 46.1 Å². The zero-order valence-electron chi connectivity index (χ0n) is 19.7. The van der Waals surface area contributed by atoms with Gasteiger partial charge in [-0.15, -0.1) is 0 Å². The number of halogens is 1. The minimum Gasteiger partial charge on any atom is -0.490 e. The molecule has 9 heteroatoms. The van der Waals surface area contributed by atoms with Crippen LogP contribution in [-0.2, 0) is 6.54 Å². The van der Waals surface area contributed by atoms with Crippen LogP contribution in [0.25, 0.3) is 22.6 Å². The highest BCUT2D eigenvalue weighted by atomic mass is 19.1. The Morgan fingerprint density at radius 1 is 1.11 bits per heavy atom. The van der Waals surface area contributed by atoms with Crippen LogP contribution >= 0.6 is 0 Å². The zero-order valence-corrected chi connectivity index (χ0v) is 19.7. The average Bonchev–Trinajstić information content (AvgIpc) is 3.40. The number of hydrogen-bond donors (Lipinski definition) is 1. The van der Waals surface area contributed by atoms with E-state index < -0.39 is 0 Å². The Bertz CT molecular complexity index is 1360. The molecular weight excluding hydrogens is 447 g/mol. The summed E-state index contributed by atoms with van der Waals surface area (Å²) in [7, 11) is 1.52. The molecule has 5 heterocycles. The van der Waals surface area contributed by atoms with Gasteiger partial charge in [0.1, 0.15) is 29.0 Å². The number of piperidine rings is 1. The first kappa shape index (κ1) is 21.9. The molecule has 2 aliphatic rings. The van der Waals surface area contributed by atoms with E-state index >= 15 is 4.39 Å². The Morgan fingerprint density at radius 2 is 1.94 bits per heavy atom. The molecule has 0 amide bonds. The van der Waals surface area contributed by atoms with Crippen molar-refractivity contribution in [2.24, 2.45) is 0 Å². The average molecular weight is 475 g/mol. The van der Waals surface area contributed by atoms with E-state index in [9.17, 15) is 0 Å². The van der Waals surface area contributed by atoms with Gasteiger partial charge in [-0.3, -0.25) is 4.98 Å². The molecule has 2 aliphatic heterocycles. The lowest BCUT2D eigenvalue weighted by molar-refractivity contribution is 0.137. The Kier molecular flexibility index (Phi) is 5.56. The molecule has 0 unspecified atom stereocenters. The molecule has 3 atom stereocenters. The van der Waals surface area contributed by atoms with Crippen LogP contribution in [-0.4, -0.2) is 49.8 Å². The lowest BCUT2D eigenvalue weighted by atomic mass is 10.0. The van der Waals surface area contributed by atoms with Gasteiger partial charge < -0.3 is 19.4 Å². The number of benzene rings is 1. The van der Waals surface area contributed by atoms with Crippen molar-refractivity contribution in [3.8, 4) is 23.1 Å². The number of nitrogens with one attached hydrogen (secondary N) is 1. The van der Waals surface area contributed by atoms with Crippen LogP contribution in [0.15, 0.2) is 42.7 Å². The summed E-state index contributed by atoms with van der Waals surface area (Å²) in [5.41, 5.74) is 3.24. The molecule has 2 saturated heterocycles. The zero-order chi connectivity index (χ0) is 23.9. The highest BCUT2D eigenvalue weighted by molar-refractivity contribution is 5.79. The summed E-state index contributed by atoms with van der Waals surface area (Å²) in [6, 6.07) is 10.2. The van der Waals surface area contributed by atoms with Crippen molar-refractivity contribution >= 4 is 11.2 Å². The monoisotopic (exact) mass is 474 g/mol. The normalized spacial score (nSPS) is 21.4. The van der Waals surface area contributed by atoms with E-state index in [2.05, 4.69) is 20.3 Å². The third kappa shape index (κ3) is 4.20. The highest BCUT2D eigenvalue weighted by Crippen LogP contribution is 2.31. The molecule has 35 heavy (non-hydrogen) atoms. The second-order valence-corrected chi connectivity index (χ2v) is 9.33. The molecule has 2 bridgehead atoms. The van der Waals surface area contributed by atoms with Gasteiger partial charge in [-0.2, -0.15) is 9.97 Å². The molecule has 4 aromatic rings. The number of fused-ring (bicyclic) bond motifs is 3. The summed E-state index contributed by atoms with van der Waals surface area (Å²) in [5, 5.41) is 3.61. The molecule has 0 saturated carbocycles. The number of methoxy groups -OCH3 is 1. The molecule has 0 radical (unpaired) electrons. The summed E-state index contributed by atoms with van der Waals surface area (Å²) >= 11 is 0.